The summed E-state index contributed by atoms with van der Waals surface area (Å²) in [6.45, 7) is -0.403. The van der Waals surface area contributed by atoms with Crippen LogP contribution in [-0.2, 0) is 6.54 Å². The lowest BCUT2D eigenvalue weighted by molar-refractivity contribution is 0.145. The van der Waals surface area contributed by atoms with Crippen molar-refractivity contribution in [3.8, 4) is 0 Å². The zero-order valence-electron chi connectivity index (χ0n) is 13.4. The van der Waals surface area contributed by atoms with E-state index in [9.17, 15) is 17.6 Å². The highest BCUT2D eigenvalue weighted by atomic mass is 35.5. The van der Waals surface area contributed by atoms with Crippen LogP contribution in [0.3, 0.4) is 0 Å². The van der Waals surface area contributed by atoms with Crippen LogP contribution in [0.5, 0.6) is 0 Å². The molecule has 0 spiro atoms. The van der Waals surface area contributed by atoms with E-state index in [1.165, 1.54) is 12.4 Å². The summed E-state index contributed by atoms with van der Waals surface area (Å²) in [7, 11) is 0. The number of aliphatic imine (C=N–C) groups is 1. The molecule has 4 nitrogen and oxygen atoms in total. The minimum Gasteiger partial charge on any atom is -0.307 e. The lowest BCUT2D eigenvalue weighted by Crippen LogP contribution is -2.20. The molecule has 1 N–H and O–H groups in total. The molecule has 142 valence electrons. The maximum absolute atomic E-state index is 11.7. The van der Waals surface area contributed by atoms with E-state index in [0.29, 0.717) is 22.4 Å². The molecule has 0 bridgehead atoms. The van der Waals surface area contributed by atoms with Gasteiger partial charge in [0.15, 0.2) is 0 Å². The smallest absolute Gasteiger partial charge is 0.257 e. The van der Waals surface area contributed by atoms with Crippen molar-refractivity contribution in [3.63, 3.8) is 0 Å². The van der Waals surface area contributed by atoms with E-state index in [0.717, 1.165) is 5.56 Å². The summed E-state index contributed by atoms with van der Waals surface area (Å²) in [4.78, 5) is 11.1. The van der Waals surface area contributed by atoms with Gasteiger partial charge in [0.2, 0.25) is 0 Å². The summed E-state index contributed by atoms with van der Waals surface area (Å²) in [6.07, 6.45) is -0.357. The van der Waals surface area contributed by atoms with Gasteiger partial charge >= 0.3 is 0 Å². The summed E-state index contributed by atoms with van der Waals surface area (Å²) < 4.78 is 46.7. The maximum atomic E-state index is 11.7. The van der Waals surface area contributed by atoms with Crippen molar-refractivity contribution in [1.82, 2.24) is 15.3 Å². The number of pyridine rings is 2. The van der Waals surface area contributed by atoms with Gasteiger partial charge in [0.1, 0.15) is 10.3 Å². The third-order valence-corrected chi connectivity index (χ3v) is 3.10. The van der Waals surface area contributed by atoms with Gasteiger partial charge in [0.05, 0.1) is 13.1 Å². The molecule has 0 amide bonds. The molecule has 10 heteroatoms. The van der Waals surface area contributed by atoms with E-state index in [1.807, 2.05) is 0 Å². The van der Waals surface area contributed by atoms with Crippen LogP contribution in [0.15, 0.2) is 41.7 Å². The predicted molar refractivity (Wildman–Crippen MR) is 94.7 cm³/mol. The van der Waals surface area contributed by atoms with E-state index in [2.05, 4.69) is 20.3 Å². The fraction of sp³-hybridized carbons (Fsp3) is 0.312. The number of nitrogens with zero attached hydrogens (tertiary/aromatic N) is 3. The fourth-order valence-electron chi connectivity index (χ4n) is 1.54. The van der Waals surface area contributed by atoms with E-state index < -0.39 is 19.4 Å². The van der Waals surface area contributed by atoms with E-state index >= 15 is 0 Å². The van der Waals surface area contributed by atoms with Gasteiger partial charge in [-0.15, -0.1) is 0 Å². The number of aromatic nitrogens is 2. The number of hydrogen-bond donors (Lipinski definition) is 1. The van der Waals surface area contributed by atoms with Crippen molar-refractivity contribution in [3.05, 3.63) is 58.1 Å². The van der Waals surface area contributed by atoms with Gasteiger partial charge in [-0.3, -0.25) is 4.99 Å². The number of hydrogen-bond acceptors (Lipinski definition) is 4. The molecule has 0 radical (unpaired) electrons. The highest BCUT2D eigenvalue weighted by molar-refractivity contribution is 6.29. The number of nitrogens with one attached hydrogen (secondary N) is 1. The molecule has 2 heterocycles. The quantitative estimate of drug-likeness (QED) is 0.415. The van der Waals surface area contributed by atoms with Crippen LogP contribution >= 0.6 is 23.2 Å². The van der Waals surface area contributed by atoms with Crippen molar-refractivity contribution in [2.45, 2.75) is 19.4 Å². The SMILES string of the molecule is FC(F)CN=Cc1ccc(Cl)nc1.FC(F)CNCc1ccc(Cl)nc1. The molecule has 0 aromatic carbocycles. The molecular formula is C16H16Cl2F4N4. The van der Waals surface area contributed by atoms with Crippen LogP contribution in [0.2, 0.25) is 10.3 Å². The Balaban J connectivity index is 0.000000260. The molecule has 0 unspecified atom stereocenters. The Morgan fingerprint density at radius 1 is 0.962 bits per heavy atom. The lowest BCUT2D eigenvalue weighted by atomic mass is 10.3. The van der Waals surface area contributed by atoms with Gasteiger partial charge < -0.3 is 5.32 Å². The summed E-state index contributed by atoms with van der Waals surface area (Å²) in [5.41, 5.74) is 1.50. The first-order chi connectivity index (χ1) is 12.4. The van der Waals surface area contributed by atoms with Gasteiger partial charge in [-0.1, -0.05) is 29.3 Å². The summed E-state index contributed by atoms with van der Waals surface area (Å²) in [5, 5.41) is 3.35. The van der Waals surface area contributed by atoms with E-state index in [4.69, 9.17) is 23.2 Å². The Kier molecular flexibility index (Phi) is 10.8. The van der Waals surface area contributed by atoms with Crippen molar-refractivity contribution in [1.29, 1.82) is 0 Å². The summed E-state index contributed by atoms with van der Waals surface area (Å²) in [6, 6.07) is 6.60. The van der Waals surface area contributed by atoms with Gasteiger partial charge in [-0.25, -0.2) is 27.5 Å². The Labute approximate surface area is 158 Å². The lowest BCUT2D eigenvalue weighted by Gasteiger charge is -2.03. The summed E-state index contributed by atoms with van der Waals surface area (Å²) >= 11 is 11.1. The van der Waals surface area contributed by atoms with Crippen LogP contribution in [0.25, 0.3) is 0 Å². The topological polar surface area (TPSA) is 50.2 Å². The van der Waals surface area contributed by atoms with Crippen molar-refractivity contribution in [2.24, 2.45) is 4.99 Å². The van der Waals surface area contributed by atoms with Gasteiger partial charge in [-0.05, 0) is 23.8 Å². The van der Waals surface area contributed by atoms with Crippen LogP contribution in [0, 0.1) is 0 Å². The van der Waals surface area contributed by atoms with Crippen LogP contribution in [0.1, 0.15) is 11.1 Å². The molecule has 0 atom stereocenters. The third kappa shape index (κ3) is 11.0. The molecule has 0 fully saturated rings. The fourth-order valence-corrected chi connectivity index (χ4v) is 1.76. The Morgan fingerprint density at radius 2 is 1.62 bits per heavy atom. The molecule has 0 aliphatic carbocycles. The van der Waals surface area contributed by atoms with Gasteiger partial charge in [0, 0.05) is 30.7 Å². The molecule has 0 saturated heterocycles. The van der Waals surface area contributed by atoms with Crippen LogP contribution < -0.4 is 5.32 Å². The van der Waals surface area contributed by atoms with Crippen molar-refractivity contribution < 1.29 is 17.6 Å². The standard InChI is InChI=1S/C8H9ClF2N2.C8H7ClF2N2/c2*9-7-2-1-6(4-13-7)3-12-5-8(10)11/h1-2,4,8,12H,3,5H2;1-4,8H,5H2. The van der Waals surface area contributed by atoms with Crippen LogP contribution in [0.4, 0.5) is 17.6 Å². The first-order valence-electron chi connectivity index (χ1n) is 7.35. The van der Waals surface area contributed by atoms with Crippen molar-refractivity contribution >= 4 is 29.4 Å². The Hall–Kier alpha value is -1.77. The number of rotatable bonds is 7. The van der Waals surface area contributed by atoms with Crippen molar-refractivity contribution in [2.75, 3.05) is 13.1 Å². The second-order valence-electron chi connectivity index (χ2n) is 4.81. The molecule has 0 aliphatic rings. The molecule has 2 aromatic heterocycles. The average Bonchev–Trinajstić information content (AvgIpc) is 2.58. The Bertz CT molecular complexity index is 652. The number of halogens is 6. The average molecular weight is 411 g/mol. The monoisotopic (exact) mass is 410 g/mol. The molecular weight excluding hydrogens is 395 g/mol. The molecule has 26 heavy (non-hydrogen) atoms. The second-order valence-corrected chi connectivity index (χ2v) is 5.59. The van der Waals surface area contributed by atoms with E-state index in [-0.39, 0.29) is 6.54 Å². The summed E-state index contributed by atoms with van der Waals surface area (Å²) in [5.74, 6) is 0. The molecule has 0 aliphatic heterocycles. The molecule has 2 rings (SSSR count). The highest BCUT2D eigenvalue weighted by Gasteiger charge is 2.01. The zero-order chi connectivity index (χ0) is 19.4. The minimum absolute atomic E-state index is 0.303. The Morgan fingerprint density at radius 3 is 2.12 bits per heavy atom. The highest BCUT2D eigenvalue weighted by Crippen LogP contribution is 2.05. The zero-order valence-corrected chi connectivity index (χ0v) is 14.9. The number of alkyl halides is 4. The molecule has 2 aromatic rings. The van der Waals surface area contributed by atoms with E-state index in [1.54, 1.807) is 30.5 Å². The largest absolute Gasteiger partial charge is 0.307 e. The van der Waals surface area contributed by atoms with Gasteiger partial charge in [-0.2, -0.15) is 0 Å². The predicted octanol–water partition coefficient (Wildman–Crippen LogP) is 4.51. The third-order valence-electron chi connectivity index (χ3n) is 2.65. The minimum atomic E-state index is -2.41. The van der Waals surface area contributed by atoms with Crippen LogP contribution in [-0.4, -0.2) is 42.1 Å². The molecule has 0 saturated carbocycles. The normalized spacial score (nSPS) is 11.1. The maximum Gasteiger partial charge on any atom is 0.257 e. The second kappa shape index (κ2) is 12.6. The first kappa shape index (κ1) is 22.3. The first-order valence-corrected chi connectivity index (χ1v) is 8.11. The van der Waals surface area contributed by atoms with Gasteiger partial charge in [0.25, 0.3) is 12.9 Å².